The Labute approximate surface area is 100 Å². The number of hydrogen-bond acceptors (Lipinski definition) is 3. The zero-order chi connectivity index (χ0) is 11.2. The predicted octanol–water partition coefficient (Wildman–Crippen LogP) is 3.42. The maximum absolute atomic E-state index is 4.19. The van der Waals surface area contributed by atoms with Crippen molar-refractivity contribution in [3.63, 3.8) is 0 Å². The molecular weight excluding hydrogens is 216 g/mol. The number of nitrogens with zero attached hydrogens (tertiary/aromatic N) is 1. The molecule has 0 fully saturated rings. The molecule has 0 bridgehead atoms. The van der Waals surface area contributed by atoms with E-state index in [4.69, 9.17) is 0 Å². The van der Waals surface area contributed by atoms with E-state index in [1.165, 1.54) is 10.5 Å². The first-order valence-electron chi connectivity index (χ1n) is 5.19. The van der Waals surface area contributed by atoms with E-state index in [1.54, 1.807) is 0 Å². The SMILES string of the molecule is CNc1cc(CSc2ccccc2)ccn1. The van der Waals surface area contributed by atoms with E-state index in [9.17, 15) is 0 Å². The van der Waals surface area contributed by atoms with Crippen molar-refractivity contribution in [3.8, 4) is 0 Å². The topological polar surface area (TPSA) is 24.9 Å². The van der Waals surface area contributed by atoms with Crippen LogP contribution in [0.2, 0.25) is 0 Å². The predicted molar refractivity (Wildman–Crippen MR) is 69.8 cm³/mol. The van der Waals surface area contributed by atoms with E-state index in [0.717, 1.165) is 11.6 Å². The molecule has 0 aliphatic heterocycles. The van der Waals surface area contributed by atoms with Crippen LogP contribution in [0.25, 0.3) is 0 Å². The van der Waals surface area contributed by atoms with Crippen molar-refractivity contribution in [2.75, 3.05) is 12.4 Å². The summed E-state index contributed by atoms with van der Waals surface area (Å²) in [5.74, 6) is 1.90. The molecule has 3 heteroatoms. The van der Waals surface area contributed by atoms with Crippen LogP contribution in [0.4, 0.5) is 5.82 Å². The van der Waals surface area contributed by atoms with E-state index in [1.807, 2.05) is 31.1 Å². The molecule has 1 heterocycles. The van der Waals surface area contributed by atoms with Crippen molar-refractivity contribution in [1.29, 1.82) is 0 Å². The van der Waals surface area contributed by atoms with Crippen LogP contribution in [0.3, 0.4) is 0 Å². The summed E-state index contributed by atoms with van der Waals surface area (Å²) in [7, 11) is 1.89. The Bertz CT molecular complexity index is 443. The first-order chi connectivity index (χ1) is 7.88. The van der Waals surface area contributed by atoms with Gasteiger partial charge in [0.2, 0.25) is 0 Å². The lowest BCUT2D eigenvalue weighted by Crippen LogP contribution is -1.92. The van der Waals surface area contributed by atoms with Crippen molar-refractivity contribution in [3.05, 3.63) is 54.2 Å². The van der Waals surface area contributed by atoms with Gasteiger partial charge in [-0.1, -0.05) is 18.2 Å². The fraction of sp³-hybridized carbons (Fsp3) is 0.154. The molecule has 1 aromatic heterocycles. The highest BCUT2D eigenvalue weighted by molar-refractivity contribution is 7.98. The Morgan fingerprint density at radius 1 is 1.19 bits per heavy atom. The average Bonchev–Trinajstić information content (AvgIpc) is 2.38. The number of rotatable bonds is 4. The highest BCUT2D eigenvalue weighted by Gasteiger charge is 1.97. The van der Waals surface area contributed by atoms with E-state index >= 15 is 0 Å². The van der Waals surface area contributed by atoms with Gasteiger partial charge in [0.25, 0.3) is 0 Å². The molecule has 82 valence electrons. The number of benzene rings is 1. The molecule has 2 nitrogen and oxygen atoms in total. The van der Waals surface area contributed by atoms with E-state index in [2.05, 4.69) is 46.7 Å². The summed E-state index contributed by atoms with van der Waals surface area (Å²) in [5, 5.41) is 3.05. The molecular formula is C13H14N2S. The first-order valence-corrected chi connectivity index (χ1v) is 6.17. The molecule has 0 aliphatic carbocycles. The van der Waals surface area contributed by atoms with Gasteiger partial charge in [0.1, 0.15) is 5.82 Å². The molecule has 2 aromatic rings. The lowest BCUT2D eigenvalue weighted by molar-refractivity contribution is 1.24. The van der Waals surface area contributed by atoms with Gasteiger partial charge in [-0.05, 0) is 29.8 Å². The molecule has 0 aliphatic rings. The minimum absolute atomic E-state index is 0.922. The Kier molecular flexibility index (Phi) is 3.83. The maximum Gasteiger partial charge on any atom is 0.125 e. The highest BCUT2D eigenvalue weighted by atomic mass is 32.2. The zero-order valence-electron chi connectivity index (χ0n) is 9.18. The summed E-state index contributed by atoms with van der Waals surface area (Å²) >= 11 is 1.84. The molecule has 0 saturated carbocycles. The van der Waals surface area contributed by atoms with Crippen LogP contribution in [0.15, 0.2) is 53.6 Å². The van der Waals surface area contributed by atoms with Crippen molar-refractivity contribution < 1.29 is 0 Å². The lowest BCUT2D eigenvalue weighted by atomic mass is 10.3. The third-order valence-electron chi connectivity index (χ3n) is 2.23. The Balaban J connectivity index is 1.99. The van der Waals surface area contributed by atoms with Crippen molar-refractivity contribution in [1.82, 2.24) is 4.98 Å². The van der Waals surface area contributed by atoms with E-state index in [-0.39, 0.29) is 0 Å². The van der Waals surface area contributed by atoms with Crippen LogP contribution in [0.1, 0.15) is 5.56 Å². The minimum atomic E-state index is 0.922. The number of thioether (sulfide) groups is 1. The molecule has 2 rings (SSSR count). The van der Waals surface area contributed by atoms with Gasteiger partial charge >= 0.3 is 0 Å². The largest absolute Gasteiger partial charge is 0.373 e. The van der Waals surface area contributed by atoms with Gasteiger partial charge in [-0.15, -0.1) is 11.8 Å². The van der Waals surface area contributed by atoms with Crippen LogP contribution >= 0.6 is 11.8 Å². The summed E-state index contributed by atoms with van der Waals surface area (Å²) in [4.78, 5) is 5.49. The van der Waals surface area contributed by atoms with Crippen LogP contribution in [0.5, 0.6) is 0 Å². The number of hydrogen-bond donors (Lipinski definition) is 1. The second-order valence-electron chi connectivity index (χ2n) is 3.40. The molecule has 0 saturated heterocycles. The normalized spacial score (nSPS) is 10.1. The van der Waals surface area contributed by atoms with Gasteiger partial charge in [0.05, 0.1) is 0 Å². The highest BCUT2D eigenvalue weighted by Crippen LogP contribution is 2.22. The molecule has 0 atom stereocenters. The third-order valence-corrected chi connectivity index (χ3v) is 3.31. The van der Waals surface area contributed by atoms with Crippen LogP contribution in [-0.4, -0.2) is 12.0 Å². The van der Waals surface area contributed by atoms with Crippen molar-refractivity contribution >= 4 is 17.6 Å². The van der Waals surface area contributed by atoms with Gasteiger partial charge < -0.3 is 5.32 Å². The van der Waals surface area contributed by atoms with Gasteiger partial charge in [0, 0.05) is 23.9 Å². The Morgan fingerprint density at radius 3 is 2.75 bits per heavy atom. The maximum atomic E-state index is 4.19. The summed E-state index contributed by atoms with van der Waals surface area (Å²) in [6, 6.07) is 14.6. The molecule has 0 amide bonds. The average molecular weight is 230 g/mol. The second kappa shape index (κ2) is 5.56. The summed E-state index contributed by atoms with van der Waals surface area (Å²) in [6.07, 6.45) is 1.84. The Hall–Kier alpha value is -1.48. The third kappa shape index (κ3) is 3.00. The van der Waals surface area contributed by atoms with Gasteiger partial charge in [0.15, 0.2) is 0 Å². The monoisotopic (exact) mass is 230 g/mol. The van der Waals surface area contributed by atoms with Crippen molar-refractivity contribution in [2.45, 2.75) is 10.6 Å². The number of pyridine rings is 1. The van der Waals surface area contributed by atoms with E-state index < -0.39 is 0 Å². The first kappa shape index (κ1) is 11.0. The fourth-order valence-corrected chi connectivity index (χ4v) is 2.25. The lowest BCUT2D eigenvalue weighted by Gasteiger charge is -2.04. The standard InChI is InChI=1S/C13H14N2S/c1-14-13-9-11(7-8-15-13)10-16-12-5-3-2-4-6-12/h2-9H,10H2,1H3,(H,14,15). The molecule has 1 N–H and O–H groups in total. The molecule has 0 radical (unpaired) electrons. The quantitative estimate of drug-likeness (QED) is 0.815. The van der Waals surface area contributed by atoms with Gasteiger partial charge in [-0.25, -0.2) is 4.98 Å². The minimum Gasteiger partial charge on any atom is -0.373 e. The number of nitrogens with one attached hydrogen (secondary N) is 1. The molecule has 16 heavy (non-hydrogen) atoms. The second-order valence-corrected chi connectivity index (χ2v) is 4.45. The summed E-state index contributed by atoms with van der Waals surface area (Å²) < 4.78 is 0. The fourth-order valence-electron chi connectivity index (χ4n) is 1.38. The Morgan fingerprint density at radius 2 is 2.00 bits per heavy atom. The van der Waals surface area contributed by atoms with Gasteiger partial charge in [-0.3, -0.25) is 0 Å². The molecule has 0 unspecified atom stereocenters. The summed E-state index contributed by atoms with van der Waals surface area (Å²) in [6.45, 7) is 0. The summed E-state index contributed by atoms with van der Waals surface area (Å²) in [5.41, 5.74) is 1.29. The smallest absolute Gasteiger partial charge is 0.125 e. The zero-order valence-corrected chi connectivity index (χ0v) is 10.00. The molecule has 0 spiro atoms. The number of aromatic nitrogens is 1. The van der Waals surface area contributed by atoms with Crippen LogP contribution in [0, 0.1) is 0 Å². The van der Waals surface area contributed by atoms with E-state index in [0.29, 0.717) is 0 Å². The number of anilines is 1. The van der Waals surface area contributed by atoms with Crippen molar-refractivity contribution in [2.24, 2.45) is 0 Å². The molecule has 1 aromatic carbocycles. The van der Waals surface area contributed by atoms with Crippen LogP contribution in [-0.2, 0) is 5.75 Å². The van der Waals surface area contributed by atoms with Crippen LogP contribution < -0.4 is 5.32 Å². The van der Waals surface area contributed by atoms with Gasteiger partial charge in [-0.2, -0.15) is 0 Å².